The van der Waals surface area contributed by atoms with Crippen LogP contribution in [0.5, 0.6) is 0 Å². The Balaban J connectivity index is 2.22. The molecule has 1 aromatic heterocycles. The summed E-state index contributed by atoms with van der Waals surface area (Å²) in [5, 5.41) is 5.06. The Morgan fingerprint density at radius 3 is 2.71 bits per heavy atom. The highest BCUT2D eigenvalue weighted by molar-refractivity contribution is 7.09. The van der Waals surface area contributed by atoms with Crippen LogP contribution in [0.15, 0.2) is 17.5 Å². The summed E-state index contributed by atoms with van der Waals surface area (Å²) in [5.74, 6) is 0.577. The third kappa shape index (κ3) is 5.35. The highest BCUT2D eigenvalue weighted by atomic mass is 32.1. The number of rotatable bonds is 5. The maximum Gasteiger partial charge on any atom is 0.220 e. The average Bonchev–Trinajstić information content (AvgIpc) is 2.69. The summed E-state index contributed by atoms with van der Waals surface area (Å²) in [7, 11) is 0. The molecule has 0 bridgehead atoms. The summed E-state index contributed by atoms with van der Waals surface area (Å²) in [6.45, 7) is 9.42. The predicted molar refractivity (Wildman–Crippen MR) is 74.3 cm³/mol. The van der Waals surface area contributed by atoms with Crippen LogP contribution < -0.4 is 5.32 Å². The van der Waals surface area contributed by atoms with Gasteiger partial charge in [-0.25, -0.2) is 0 Å². The smallest absolute Gasteiger partial charge is 0.220 e. The Morgan fingerprint density at radius 2 is 2.18 bits per heavy atom. The standard InChI is InChI=1S/C14H23NOS/c1-11(14(2,3)4)10-13(16)15-8-7-12-6-5-9-17-12/h5-6,9,11H,7-8,10H2,1-4H3,(H,15,16)/t11-/m0/s1. The first-order valence-electron chi connectivity index (χ1n) is 6.18. The van der Waals surface area contributed by atoms with E-state index in [9.17, 15) is 4.79 Å². The molecule has 0 fully saturated rings. The van der Waals surface area contributed by atoms with Gasteiger partial charge in [0.15, 0.2) is 0 Å². The summed E-state index contributed by atoms with van der Waals surface area (Å²) >= 11 is 1.74. The van der Waals surface area contributed by atoms with E-state index in [0.29, 0.717) is 12.3 Å². The van der Waals surface area contributed by atoms with Crippen molar-refractivity contribution in [2.24, 2.45) is 11.3 Å². The van der Waals surface area contributed by atoms with Gasteiger partial charge in [-0.2, -0.15) is 0 Å². The van der Waals surface area contributed by atoms with Crippen LogP contribution in [0.4, 0.5) is 0 Å². The topological polar surface area (TPSA) is 29.1 Å². The van der Waals surface area contributed by atoms with E-state index in [1.165, 1.54) is 4.88 Å². The van der Waals surface area contributed by atoms with Gasteiger partial charge in [0.25, 0.3) is 0 Å². The van der Waals surface area contributed by atoms with Crippen LogP contribution in [0, 0.1) is 11.3 Å². The van der Waals surface area contributed by atoms with Gasteiger partial charge in [0.05, 0.1) is 0 Å². The fraction of sp³-hybridized carbons (Fsp3) is 0.643. The van der Waals surface area contributed by atoms with Crippen molar-refractivity contribution in [3.63, 3.8) is 0 Å². The SMILES string of the molecule is C[C@@H](CC(=O)NCCc1cccs1)C(C)(C)C. The second kappa shape index (κ2) is 6.20. The molecule has 3 heteroatoms. The first-order valence-corrected chi connectivity index (χ1v) is 7.06. The number of nitrogens with one attached hydrogen (secondary N) is 1. The van der Waals surface area contributed by atoms with Gasteiger partial charge in [0, 0.05) is 17.8 Å². The van der Waals surface area contributed by atoms with Gasteiger partial charge in [-0.3, -0.25) is 4.79 Å². The van der Waals surface area contributed by atoms with Gasteiger partial charge < -0.3 is 5.32 Å². The van der Waals surface area contributed by atoms with Gasteiger partial charge in [-0.1, -0.05) is 33.8 Å². The predicted octanol–water partition coefficient (Wildman–Crippen LogP) is 3.48. The molecule has 0 saturated heterocycles. The van der Waals surface area contributed by atoms with E-state index < -0.39 is 0 Å². The van der Waals surface area contributed by atoms with Crippen molar-refractivity contribution in [1.29, 1.82) is 0 Å². The molecule has 1 rings (SSSR count). The third-order valence-electron chi connectivity index (χ3n) is 3.24. The van der Waals surface area contributed by atoms with Crippen LogP contribution >= 0.6 is 11.3 Å². The van der Waals surface area contributed by atoms with Crippen molar-refractivity contribution < 1.29 is 4.79 Å². The Labute approximate surface area is 108 Å². The Hall–Kier alpha value is -0.830. The molecule has 1 amide bonds. The fourth-order valence-electron chi connectivity index (χ4n) is 1.44. The summed E-state index contributed by atoms with van der Waals surface area (Å²) in [6, 6.07) is 4.15. The molecule has 1 heterocycles. The van der Waals surface area contributed by atoms with E-state index in [-0.39, 0.29) is 11.3 Å². The number of hydrogen-bond donors (Lipinski definition) is 1. The van der Waals surface area contributed by atoms with Gasteiger partial charge in [-0.15, -0.1) is 11.3 Å². The molecule has 1 atom stereocenters. The van der Waals surface area contributed by atoms with Crippen LogP contribution in [-0.2, 0) is 11.2 Å². The molecular formula is C14H23NOS. The minimum Gasteiger partial charge on any atom is -0.356 e. The highest BCUT2D eigenvalue weighted by Crippen LogP contribution is 2.27. The largest absolute Gasteiger partial charge is 0.356 e. The van der Waals surface area contributed by atoms with Crippen LogP contribution in [0.1, 0.15) is 39.0 Å². The molecule has 1 N–H and O–H groups in total. The summed E-state index contributed by atoms with van der Waals surface area (Å²) in [4.78, 5) is 13.0. The maximum atomic E-state index is 11.7. The lowest BCUT2D eigenvalue weighted by Gasteiger charge is -2.26. The van der Waals surface area contributed by atoms with Crippen molar-refractivity contribution in [3.8, 4) is 0 Å². The molecule has 0 radical (unpaired) electrons. The van der Waals surface area contributed by atoms with E-state index in [0.717, 1.165) is 13.0 Å². The molecule has 0 aliphatic heterocycles. The van der Waals surface area contributed by atoms with Crippen molar-refractivity contribution in [3.05, 3.63) is 22.4 Å². The second-order valence-corrected chi connectivity index (χ2v) is 6.68. The van der Waals surface area contributed by atoms with Crippen molar-refractivity contribution in [2.45, 2.75) is 40.5 Å². The van der Waals surface area contributed by atoms with E-state index in [4.69, 9.17) is 0 Å². The van der Waals surface area contributed by atoms with Crippen molar-refractivity contribution in [1.82, 2.24) is 5.32 Å². The minimum atomic E-state index is 0.170. The zero-order valence-electron chi connectivity index (χ0n) is 11.2. The zero-order valence-corrected chi connectivity index (χ0v) is 12.1. The third-order valence-corrected chi connectivity index (χ3v) is 4.18. The molecule has 1 aromatic rings. The number of carbonyl (C=O) groups excluding carboxylic acids is 1. The molecule has 0 aromatic carbocycles. The van der Waals surface area contributed by atoms with E-state index in [1.54, 1.807) is 11.3 Å². The zero-order chi connectivity index (χ0) is 12.9. The number of thiophene rings is 1. The Kier molecular flexibility index (Phi) is 5.19. The number of amides is 1. The quantitative estimate of drug-likeness (QED) is 0.855. The first-order chi connectivity index (χ1) is 7.89. The van der Waals surface area contributed by atoms with Crippen molar-refractivity contribution in [2.75, 3.05) is 6.54 Å². The molecule has 0 unspecified atom stereocenters. The lowest BCUT2D eigenvalue weighted by atomic mass is 9.80. The number of hydrogen-bond acceptors (Lipinski definition) is 2. The van der Waals surface area contributed by atoms with Crippen LogP contribution in [0.2, 0.25) is 0 Å². The Bertz CT molecular complexity index is 338. The Morgan fingerprint density at radius 1 is 1.47 bits per heavy atom. The summed E-state index contributed by atoms with van der Waals surface area (Å²) in [6.07, 6.45) is 1.56. The van der Waals surface area contributed by atoms with Crippen molar-refractivity contribution >= 4 is 17.2 Å². The van der Waals surface area contributed by atoms with E-state index in [1.807, 2.05) is 6.07 Å². The van der Waals surface area contributed by atoms with Crippen LogP contribution in [0.25, 0.3) is 0 Å². The highest BCUT2D eigenvalue weighted by Gasteiger charge is 2.22. The monoisotopic (exact) mass is 253 g/mol. The van der Waals surface area contributed by atoms with Crippen LogP contribution in [0.3, 0.4) is 0 Å². The minimum absolute atomic E-state index is 0.170. The molecule has 0 saturated carbocycles. The lowest BCUT2D eigenvalue weighted by Crippen LogP contribution is -2.30. The molecular weight excluding hydrogens is 230 g/mol. The second-order valence-electron chi connectivity index (χ2n) is 5.65. The van der Waals surface area contributed by atoms with Gasteiger partial charge in [-0.05, 0) is 29.2 Å². The molecule has 0 aliphatic rings. The van der Waals surface area contributed by atoms with Gasteiger partial charge >= 0.3 is 0 Å². The van der Waals surface area contributed by atoms with E-state index >= 15 is 0 Å². The normalized spacial score (nSPS) is 13.4. The summed E-state index contributed by atoms with van der Waals surface area (Å²) in [5.41, 5.74) is 0.199. The molecule has 0 spiro atoms. The number of carbonyl (C=O) groups is 1. The average molecular weight is 253 g/mol. The molecule has 17 heavy (non-hydrogen) atoms. The molecule has 96 valence electrons. The van der Waals surface area contributed by atoms with Gasteiger partial charge in [0.1, 0.15) is 0 Å². The molecule has 2 nitrogen and oxygen atoms in total. The van der Waals surface area contributed by atoms with Gasteiger partial charge in [0.2, 0.25) is 5.91 Å². The fourth-order valence-corrected chi connectivity index (χ4v) is 2.15. The molecule has 0 aliphatic carbocycles. The maximum absolute atomic E-state index is 11.7. The lowest BCUT2D eigenvalue weighted by molar-refractivity contribution is -0.122. The summed E-state index contributed by atoms with van der Waals surface area (Å²) < 4.78 is 0. The van der Waals surface area contributed by atoms with E-state index in [2.05, 4.69) is 44.5 Å². The first kappa shape index (κ1) is 14.2. The van der Waals surface area contributed by atoms with Crippen LogP contribution in [-0.4, -0.2) is 12.5 Å².